The quantitative estimate of drug-likeness (QED) is 0.613. The van der Waals surface area contributed by atoms with Gasteiger partial charge in [-0.05, 0) is 0 Å². The van der Waals surface area contributed by atoms with Crippen molar-refractivity contribution in [3.8, 4) is 0 Å². The molecule has 0 amide bonds. The van der Waals surface area contributed by atoms with E-state index < -0.39 is 27.7 Å². The van der Waals surface area contributed by atoms with E-state index in [-0.39, 0.29) is 5.02 Å². The fourth-order valence-electron chi connectivity index (χ4n) is 0.798. The molecule has 84 valence electrons. The van der Waals surface area contributed by atoms with Crippen molar-refractivity contribution in [1.82, 2.24) is 4.98 Å². The number of hydrazine groups is 1. The average molecular weight is 280 g/mol. The summed E-state index contributed by atoms with van der Waals surface area (Å²) >= 11 is 16.3. The summed E-state index contributed by atoms with van der Waals surface area (Å²) in [7, 11) is 0. The van der Waals surface area contributed by atoms with Gasteiger partial charge in [0, 0.05) is 0 Å². The van der Waals surface area contributed by atoms with Gasteiger partial charge in [-0.25, -0.2) is 10.8 Å². The zero-order valence-electron chi connectivity index (χ0n) is 6.79. The van der Waals surface area contributed by atoms with E-state index in [0.29, 0.717) is 0 Å². The summed E-state index contributed by atoms with van der Waals surface area (Å²) in [6, 6.07) is 0. The van der Waals surface area contributed by atoms with Crippen molar-refractivity contribution in [2.75, 3.05) is 5.43 Å². The Morgan fingerprint density at radius 2 is 1.60 bits per heavy atom. The molecule has 0 saturated heterocycles. The van der Waals surface area contributed by atoms with Crippen LogP contribution < -0.4 is 11.3 Å². The minimum absolute atomic E-state index is 0.267. The summed E-state index contributed by atoms with van der Waals surface area (Å²) < 4.78 is 37.1. The highest BCUT2D eigenvalue weighted by Crippen LogP contribution is 2.42. The Hall–Kier alpha value is -0.430. The summed E-state index contributed by atoms with van der Waals surface area (Å²) in [6.45, 7) is 0. The van der Waals surface area contributed by atoms with Crippen LogP contribution in [0.3, 0.4) is 0 Å². The van der Waals surface area contributed by atoms with E-state index in [9.17, 15) is 13.2 Å². The van der Waals surface area contributed by atoms with Crippen molar-refractivity contribution in [3.63, 3.8) is 0 Å². The molecule has 15 heavy (non-hydrogen) atoms. The topological polar surface area (TPSA) is 50.9 Å². The third-order valence-electron chi connectivity index (χ3n) is 1.43. The molecule has 1 heterocycles. The highest BCUT2D eigenvalue weighted by molar-refractivity contribution is 6.49. The van der Waals surface area contributed by atoms with Crippen LogP contribution >= 0.6 is 34.8 Å². The van der Waals surface area contributed by atoms with Crippen LogP contribution in [0.4, 0.5) is 19.0 Å². The van der Waals surface area contributed by atoms with Gasteiger partial charge in [0.05, 0.1) is 10.0 Å². The zero-order chi connectivity index (χ0) is 11.8. The Bertz CT molecular complexity index is 393. The lowest BCUT2D eigenvalue weighted by atomic mass is 10.3. The molecule has 0 aliphatic carbocycles. The molecule has 0 aliphatic heterocycles. The van der Waals surface area contributed by atoms with Crippen molar-refractivity contribution in [2.24, 2.45) is 5.84 Å². The smallest absolute Gasteiger partial charge is 0.307 e. The molecule has 1 aromatic rings. The molecule has 3 nitrogen and oxygen atoms in total. The highest BCUT2D eigenvalue weighted by Gasteiger charge is 2.37. The second-order valence-corrected chi connectivity index (χ2v) is 3.53. The number of hydrogen-bond acceptors (Lipinski definition) is 3. The number of alkyl halides is 3. The first-order chi connectivity index (χ1) is 6.79. The number of nitrogens with two attached hydrogens (primary N) is 1. The van der Waals surface area contributed by atoms with Gasteiger partial charge in [-0.2, -0.15) is 13.2 Å². The summed E-state index contributed by atoms with van der Waals surface area (Å²) in [4.78, 5) is 3.11. The third kappa shape index (κ3) is 2.39. The van der Waals surface area contributed by atoms with Gasteiger partial charge in [-0.3, -0.25) is 0 Å². The van der Waals surface area contributed by atoms with Crippen LogP contribution in [0.15, 0.2) is 0 Å². The molecule has 0 aliphatic rings. The third-order valence-corrected chi connectivity index (χ3v) is 2.74. The Kier molecular flexibility index (Phi) is 3.55. The van der Waals surface area contributed by atoms with Crippen molar-refractivity contribution in [2.45, 2.75) is 6.18 Å². The van der Waals surface area contributed by atoms with Crippen LogP contribution in [-0.4, -0.2) is 4.98 Å². The van der Waals surface area contributed by atoms with Gasteiger partial charge in [0.25, 0.3) is 0 Å². The van der Waals surface area contributed by atoms with Gasteiger partial charge < -0.3 is 5.43 Å². The Morgan fingerprint density at radius 3 is 2.00 bits per heavy atom. The molecule has 9 heteroatoms. The van der Waals surface area contributed by atoms with Crippen LogP contribution in [0.1, 0.15) is 5.69 Å². The molecule has 0 bridgehead atoms. The molecular formula is C6H3Cl3F3N3. The maximum atomic E-state index is 12.4. The number of hydrogen-bond donors (Lipinski definition) is 2. The van der Waals surface area contributed by atoms with Gasteiger partial charge >= 0.3 is 6.18 Å². The fourth-order valence-corrected chi connectivity index (χ4v) is 1.46. The van der Waals surface area contributed by atoms with Crippen LogP contribution in [-0.2, 0) is 6.18 Å². The largest absolute Gasteiger partial charge is 0.434 e. The lowest BCUT2D eigenvalue weighted by Crippen LogP contribution is -2.15. The van der Waals surface area contributed by atoms with E-state index in [2.05, 4.69) is 4.98 Å². The number of nitrogens with one attached hydrogen (secondary N) is 1. The molecule has 0 unspecified atom stereocenters. The number of nitrogens with zero attached hydrogens (tertiary/aromatic N) is 1. The van der Waals surface area contributed by atoms with E-state index in [1.165, 1.54) is 0 Å². The first-order valence-electron chi connectivity index (χ1n) is 3.37. The molecule has 0 radical (unpaired) electrons. The molecule has 0 atom stereocenters. The molecule has 0 fully saturated rings. The fraction of sp³-hybridized carbons (Fsp3) is 0.167. The predicted octanol–water partition coefficient (Wildman–Crippen LogP) is 3.35. The number of aromatic nitrogens is 1. The number of halogens is 6. The van der Waals surface area contributed by atoms with E-state index in [1.807, 2.05) is 5.43 Å². The van der Waals surface area contributed by atoms with E-state index in [1.54, 1.807) is 0 Å². The molecular weight excluding hydrogens is 277 g/mol. The molecule has 1 rings (SSSR count). The predicted molar refractivity (Wildman–Crippen MR) is 52.1 cm³/mol. The maximum absolute atomic E-state index is 12.4. The van der Waals surface area contributed by atoms with Crippen LogP contribution in [0.5, 0.6) is 0 Å². The van der Waals surface area contributed by atoms with Gasteiger partial charge in [-0.1, -0.05) is 34.8 Å². The molecule has 3 N–H and O–H groups in total. The molecule has 0 spiro atoms. The van der Waals surface area contributed by atoms with E-state index >= 15 is 0 Å². The standard InChI is InChI=1S/C6H3Cl3F3N3/c7-1-2(8)4(6(10,11)12)14-5(15-13)3(1)9/h13H2,(H,14,15). The Labute approximate surface area is 97.3 Å². The molecule has 0 saturated carbocycles. The number of pyridine rings is 1. The SMILES string of the molecule is NNc1nc(C(F)(F)F)c(Cl)c(Cl)c1Cl. The number of anilines is 1. The summed E-state index contributed by atoms with van der Waals surface area (Å²) in [5.41, 5.74) is 0.548. The van der Waals surface area contributed by atoms with Crippen molar-refractivity contribution < 1.29 is 13.2 Å². The average Bonchev–Trinajstić information content (AvgIpc) is 2.13. The first-order valence-corrected chi connectivity index (χ1v) is 4.50. The van der Waals surface area contributed by atoms with Gasteiger partial charge in [0.1, 0.15) is 5.02 Å². The normalized spacial score (nSPS) is 11.7. The van der Waals surface area contributed by atoms with Crippen LogP contribution in [0.25, 0.3) is 0 Å². The van der Waals surface area contributed by atoms with Crippen molar-refractivity contribution in [1.29, 1.82) is 0 Å². The Morgan fingerprint density at radius 1 is 1.07 bits per heavy atom. The zero-order valence-corrected chi connectivity index (χ0v) is 9.06. The van der Waals surface area contributed by atoms with E-state index in [4.69, 9.17) is 40.6 Å². The second kappa shape index (κ2) is 4.21. The Balaban J connectivity index is 3.49. The lowest BCUT2D eigenvalue weighted by molar-refractivity contribution is -0.140. The molecule has 0 aromatic carbocycles. The minimum Gasteiger partial charge on any atom is -0.307 e. The second-order valence-electron chi connectivity index (χ2n) is 2.39. The maximum Gasteiger partial charge on any atom is 0.434 e. The number of nitrogen functional groups attached to an aromatic ring is 1. The minimum atomic E-state index is -4.73. The molecule has 1 aromatic heterocycles. The van der Waals surface area contributed by atoms with Gasteiger partial charge in [-0.15, -0.1) is 0 Å². The lowest BCUT2D eigenvalue weighted by Gasteiger charge is -2.12. The van der Waals surface area contributed by atoms with Crippen LogP contribution in [0.2, 0.25) is 15.1 Å². The first kappa shape index (κ1) is 12.6. The monoisotopic (exact) mass is 279 g/mol. The van der Waals surface area contributed by atoms with E-state index in [0.717, 1.165) is 0 Å². The van der Waals surface area contributed by atoms with Gasteiger partial charge in [0.15, 0.2) is 11.5 Å². The van der Waals surface area contributed by atoms with Gasteiger partial charge in [0.2, 0.25) is 0 Å². The highest BCUT2D eigenvalue weighted by atomic mass is 35.5. The van der Waals surface area contributed by atoms with Crippen molar-refractivity contribution >= 4 is 40.6 Å². The summed E-state index contributed by atoms with van der Waals surface area (Å²) in [5.74, 6) is 4.53. The van der Waals surface area contributed by atoms with Crippen LogP contribution in [0, 0.1) is 0 Å². The van der Waals surface area contributed by atoms with Crippen molar-refractivity contribution in [3.05, 3.63) is 20.8 Å². The number of rotatable bonds is 1. The summed E-state index contributed by atoms with van der Waals surface area (Å²) in [6.07, 6.45) is -4.73. The summed E-state index contributed by atoms with van der Waals surface area (Å²) in [5, 5.41) is -1.47.